The SMILES string of the molecule is CC1(C)c2cccc3ccc4c(c1c1c5cc6c(cc5n5c7cc8c(cc7c4c15)C1CCC(CC1)C8=O)C(=O)C1CCC6CC1)c23. The minimum Gasteiger partial charge on any atom is -0.308 e. The highest BCUT2D eigenvalue weighted by atomic mass is 16.1. The molecule has 0 radical (unpaired) electrons. The van der Waals surface area contributed by atoms with E-state index in [9.17, 15) is 9.59 Å². The zero-order valence-corrected chi connectivity index (χ0v) is 26.4. The van der Waals surface area contributed by atoms with Gasteiger partial charge in [-0.15, -0.1) is 0 Å². The Kier molecular flexibility index (Phi) is 4.24. The van der Waals surface area contributed by atoms with E-state index in [4.69, 9.17) is 0 Å². The van der Waals surface area contributed by atoms with Crippen LogP contribution < -0.4 is 0 Å². The highest BCUT2D eigenvalue weighted by molar-refractivity contribution is 6.37. The summed E-state index contributed by atoms with van der Waals surface area (Å²) in [4.78, 5) is 28.1. The first-order valence-electron chi connectivity index (χ1n) is 17.7. The third kappa shape index (κ3) is 2.63. The molecule has 3 nitrogen and oxygen atoms in total. The van der Waals surface area contributed by atoms with E-state index >= 15 is 0 Å². The van der Waals surface area contributed by atoms with Gasteiger partial charge in [0.1, 0.15) is 0 Å². The second-order valence-corrected chi connectivity index (χ2v) is 16.1. The summed E-state index contributed by atoms with van der Waals surface area (Å²) in [5.41, 5.74) is 10.7. The molecule has 0 spiro atoms. The average Bonchev–Trinajstić information content (AvgIpc) is 3.53. The molecular formula is C43H35NO2. The highest BCUT2D eigenvalue weighted by Gasteiger charge is 2.41. The van der Waals surface area contributed by atoms with Gasteiger partial charge in [-0.25, -0.2) is 0 Å². The summed E-state index contributed by atoms with van der Waals surface area (Å²) in [6.07, 6.45) is 8.53. The molecule has 0 atom stereocenters. The second kappa shape index (κ2) is 7.82. The average molecular weight is 598 g/mol. The maximum atomic E-state index is 14.0. The fourth-order valence-corrected chi connectivity index (χ4v) is 11.6. The number of ketones is 2. The topological polar surface area (TPSA) is 38.5 Å². The van der Waals surface area contributed by atoms with Gasteiger partial charge in [0.2, 0.25) is 0 Å². The molecule has 0 saturated heterocycles. The quantitative estimate of drug-likeness (QED) is 0.163. The first-order chi connectivity index (χ1) is 22.4. The lowest BCUT2D eigenvalue weighted by Crippen LogP contribution is -2.15. The number of rotatable bonds is 0. The molecule has 46 heavy (non-hydrogen) atoms. The molecule has 0 amide bonds. The van der Waals surface area contributed by atoms with Crippen molar-refractivity contribution in [1.82, 2.24) is 4.40 Å². The summed E-state index contributed by atoms with van der Waals surface area (Å²) in [6, 6.07) is 21.0. The van der Waals surface area contributed by atoms with Crippen molar-refractivity contribution in [3.05, 3.63) is 88.0 Å². The summed E-state index contributed by atoms with van der Waals surface area (Å²) in [5.74, 6) is 1.95. The Labute approximate surface area is 266 Å². The predicted molar refractivity (Wildman–Crippen MR) is 186 cm³/mol. The summed E-state index contributed by atoms with van der Waals surface area (Å²) < 4.78 is 2.48. The van der Waals surface area contributed by atoms with Gasteiger partial charge in [-0.2, -0.15) is 0 Å². The Morgan fingerprint density at radius 1 is 0.587 bits per heavy atom. The van der Waals surface area contributed by atoms with Crippen LogP contribution in [0.1, 0.15) is 120 Å². The number of fused-ring (bicyclic) bond motifs is 12. The van der Waals surface area contributed by atoms with Crippen LogP contribution in [0, 0.1) is 11.8 Å². The molecule has 7 aromatic rings. The van der Waals surface area contributed by atoms with Crippen molar-refractivity contribution in [2.24, 2.45) is 11.8 Å². The van der Waals surface area contributed by atoms with E-state index in [-0.39, 0.29) is 17.3 Å². The fraction of sp³-hybridized carbons (Fsp3) is 0.349. The fourth-order valence-electron chi connectivity index (χ4n) is 11.6. The number of carbonyl (C=O) groups excluding carboxylic acids is 2. The number of aromatic nitrogens is 1. The van der Waals surface area contributed by atoms with Crippen LogP contribution in [0.25, 0.3) is 59.6 Å². The van der Waals surface area contributed by atoms with Crippen LogP contribution in [0.5, 0.6) is 0 Å². The second-order valence-electron chi connectivity index (χ2n) is 16.1. The maximum absolute atomic E-state index is 14.0. The van der Waals surface area contributed by atoms with Gasteiger partial charge < -0.3 is 4.40 Å². The van der Waals surface area contributed by atoms with Crippen LogP contribution >= 0.6 is 0 Å². The number of benzene rings is 5. The maximum Gasteiger partial charge on any atom is 0.166 e. The van der Waals surface area contributed by atoms with Crippen molar-refractivity contribution in [1.29, 1.82) is 0 Å². The number of hydrogen-bond donors (Lipinski definition) is 0. The molecule has 2 heterocycles. The van der Waals surface area contributed by atoms with Crippen molar-refractivity contribution in [2.45, 2.75) is 82.5 Å². The summed E-state index contributed by atoms with van der Waals surface area (Å²) >= 11 is 0. The van der Waals surface area contributed by atoms with Crippen LogP contribution in [0.3, 0.4) is 0 Å². The van der Waals surface area contributed by atoms with E-state index in [1.54, 1.807) is 0 Å². The van der Waals surface area contributed by atoms with E-state index < -0.39 is 0 Å². The molecule has 0 aliphatic heterocycles. The van der Waals surface area contributed by atoms with Crippen LogP contribution in [0.15, 0.2) is 54.6 Å². The van der Waals surface area contributed by atoms with Gasteiger partial charge in [0.05, 0.1) is 16.6 Å². The first kappa shape index (κ1) is 24.9. The Bertz CT molecular complexity index is 2620. The van der Waals surface area contributed by atoms with Gasteiger partial charge in [0.15, 0.2) is 11.6 Å². The van der Waals surface area contributed by atoms with Gasteiger partial charge in [-0.1, -0.05) is 44.2 Å². The minimum absolute atomic E-state index is 0.159. The minimum atomic E-state index is -0.165. The lowest BCUT2D eigenvalue weighted by molar-refractivity contribution is 0.0891. The van der Waals surface area contributed by atoms with E-state index in [1.807, 2.05) is 0 Å². The standard InChI is InChI=1S/C43H35NO2/c1-43(2)32-5-3-4-22-14-15-25-36-30-16-26-20-6-10-23(11-7-20)41(45)28(26)18-33(30)44-34-19-29-27(21-8-12-24(13-9-21)42(29)46)17-31(34)38(40(36)44)39(43)37(25)35(22)32/h3-5,14-21,23-24H,6-13H2,1-2H3. The number of Topliss-reactive ketones (excluding diaryl/α,β-unsaturated/α-hetero) is 2. The van der Waals surface area contributed by atoms with Crippen molar-refractivity contribution < 1.29 is 9.59 Å². The van der Waals surface area contributed by atoms with E-state index in [1.165, 1.54) is 70.9 Å². The summed E-state index contributed by atoms with van der Waals surface area (Å²) in [6.45, 7) is 4.83. The highest BCUT2D eigenvalue weighted by Crippen LogP contribution is 2.58. The van der Waals surface area contributed by atoms with Crippen molar-refractivity contribution in [3.8, 4) is 0 Å². The molecule has 4 bridgehead atoms. The number of nitrogens with zero attached hydrogens (tertiary/aromatic N) is 1. The predicted octanol–water partition coefficient (Wildman–Crippen LogP) is 10.7. The number of carbonyl (C=O) groups is 2. The van der Waals surface area contributed by atoms with Crippen LogP contribution in [0.2, 0.25) is 0 Å². The summed E-state index contributed by atoms with van der Waals surface area (Å²) in [7, 11) is 0. The monoisotopic (exact) mass is 597 g/mol. The Balaban J connectivity index is 1.36. The van der Waals surface area contributed by atoms with Crippen molar-refractivity contribution in [3.63, 3.8) is 0 Å². The Morgan fingerprint density at radius 3 is 1.76 bits per heavy atom. The van der Waals surface area contributed by atoms with Gasteiger partial charge in [-0.3, -0.25) is 9.59 Å². The lowest BCUT2D eigenvalue weighted by Gasteiger charge is -2.24. The van der Waals surface area contributed by atoms with Crippen LogP contribution in [-0.2, 0) is 5.41 Å². The van der Waals surface area contributed by atoms with E-state index in [0.717, 1.165) is 73.5 Å². The van der Waals surface area contributed by atoms with E-state index in [0.29, 0.717) is 23.4 Å². The lowest BCUT2D eigenvalue weighted by atomic mass is 9.79. The zero-order chi connectivity index (χ0) is 30.4. The molecule has 224 valence electrons. The molecule has 2 fully saturated rings. The first-order valence-corrected chi connectivity index (χ1v) is 17.7. The van der Waals surface area contributed by atoms with Gasteiger partial charge >= 0.3 is 0 Å². The van der Waals surface area contributed by atoms with Crippen LogP contribution in [-0.4, -0.2) is 16.0 Å². The molecule has 14 rings (SSSR count). The summed E-state index contributed by atoms with van der Waals surface area (Å²) in [5, 5.41) is 10.7. The zero-order valence-electron chi connectivity index (χ0n) is 26.4. The normalized spacial score (nSPS) is 26.0. The molecular weight excluding hydrogens is 562 g/mol. The molecule has 3 heteroatoms. The Hall–Kier alpha value is -4.24. The van der Waals surface area contributed by atoms with Gasteiger partial charge in [0, 0.05) is 49.9 Å². The molecule has 0 N–H and O–H groups in total. The van der Waals surface area contributed by atoms with Crippen LogP contribution in [0.4, 0.5) is 0 Å². The van der Waals surface area contributed by atoms with Gasteiger partial charge in [-0.05, 0) is 131 Å². The molecule has 7 aliphatic rings. The Morgan fingerprint density at radius 2 is 1.15 bits per heavy atom. The van der Waals surface area contributed by atoms with Gasteiger partial charge in [0.25, 0.3) is 0 Å². The van der Waals surface area contributed by atoms with Crippen molar-refractivity contribution in [2.75, 3.05) is 0 Å². The van der Waals surface area contributed by atoms with E-state index in [2.05, 4.69) is 72.8 Å². The number of hydrogen-bond acceptors (Lipinski definition) is 2. The van der Waals surface area contributed by atoms with Crippen molar-refractivity contribution >= 4 is 71.2 Å². The molecule has 5 aromatic carbocycles. The molecule has 2 saturated carbocycles. The third-order valence-electron chi connectivity index (χ3n) is 13.8. The molecule has 7 aliphatic carbocycles. The third-order valence-corrected chi connectivity index (χ3v) is 13.8. The molecule has 2 aromatic heterocycles. The largest absolute Gasteiger partial charge is 0.308 e. The smallest absolute Gasteiger partial charge is 0.166 e. The molecule has 0 unspecified atom stereocenters.